The second-order valence-electron chi connectivity index (χ2n) is 4.56. The molecule has 1 atom stereocenters. The van der Waals surface area contributed by atoms with E-state index in [4.69, 9.17) is 0 Å². The Labute approximate surface area is 135 Å². The van der Waals surface area contributed by atoms with E-state index in [-0.39, 0.29) is 5.91 Å². The number of thiophene rings is 1. The van der Waals surface area contributed by atoms with E-state index in [1.54, 1.807) is 25.3 Å². The summed E-state index contributed by atoms with van der Waals surface area (Å²) in [5.41, 5.74) is 0.816. The molecule has 3 amide bonds. The second-order valence-corrected chi connectivity index (χ2v) is 5.51. The molecule has 0 bridgehead atoms. The molecule has 6 nitrogen and oxygen atoms in total. The summed E-state index contributed by atoms with van der Waals surface area (Å²) < 4.78 is 0. The average Bonchev–Trinajstić information content (AvgIpc) is 3.05. The van der Waals surface area contributed by atoms with Gasteiger partial charge in [-0.2, -0.15) is 10.1 Å². The van der Waals surface area contributed by atoms with Crippen LogP contribution in [0.4, 0.5) is 4.79 Å². The van der Waals surface area contributed by atoms with Crippen molar-refractivity contribution >= 4 is 34.8 Å². The van der Waals surface area contributed by atoms with Gasteiger partial charge in [0.15, 0.2) is 0 Å². The summed E-state index contributed by atoms with van der Waals surface area (Å²) in [6.07, 6.45) is 0. The molecule has 0 saturated carbocycles. The zero-order valence-corrected chi connectivity index (χ0v) is 14.6. The Morgan fingerprint density at radius 2 is 2.05 bits per heavy atom. The highest BCUT2D eigenvalue weighted by molar-refractivity contribution is 7.12. The third-order valence-corrected chi connectivity index (χ3v) is 4.07. The Morgan fingerprint density at radius 3 is 2.59 bits per heavy atom. The number of imide groups is 1. The van der Waals surface area contributed by atoms with E-state index in [9.17, 15) is 9.59 Å². The van der Waals surface area contributed by atoms with Gasteiger partial charge >= 0.3 is 6.03 Å². The molecule has 22 heavy (non-hydrogen) atoms. The van der Waals surface area contributed by atoms with Gasteiger partial charge in [-0.1, -0.05) is 19.9 Å². The zero-order valence-electron chi connectivity index (χ0n) is 13.8. The summed E-state index contributed by atoms with van der Waals surface area (Å²) in [7, 11) is 3.12. The first-order chi connectivity index (χ1) is 10.4. The highest BCUT2D eigenvalue weighted by atomic mass is 32.1. The van der Waals surface area contributed by atoms with Gasteiger partial charge in [0.2, 0.25) is 5.91 Å². The fourth-order valence-corrected chi connectivity index (χ4v) is 2.60. The number of hydrogen-bond donors (Lipinski definition) is 0. The van der Waals surface area contributed by atoms with E-state index in [1.807, 2.05) is 38.3 Å². The van der Waals surface area contributed by atoms with Crippen LogP contribution in [0.1, 0.15) is 32.6 Å². The van der Waals surface area contributed by atoms with Crippen LogP contribution < -0.4 is 0 Å². The number of urea groups is 1. The SMILES string of the molecule is C/C(=N\N(C)C1=NC(=O)N(C)C(=O)C1C)c1cccs1.CC. The molecule has 0 radical (unpaired) electrons. The molecule has 0 N–H and O–H groups in total. The second kappa shape index (κ2) is 7.84. The minimum atomic E-state index is -0.557. The molecule has 0 aliphatic carbocycles. The Bertz CT molecular complexity index is 593. The normalized spacial score (nSPS) is 18.6. The minimum Gasteiger partial charge on any atom is -0.274 e. The van der Waals surface area contributed by atoms with E-state index >= 15 is 0 Å². The van der Waals surface area contributed by atoms with Gasteiger partial charge in [-0.15, -0.1) is 11.3 Å². The molecule has 2 rings (SSSR count). The van der Waals surface area contributed by atoms with Gasteiger partial charge in [0.1, 0.15) is 5.84 Å². The molecular formula is C15H22N4O2S. The van der Waals surface area contributed by atoms with E-state index < -0.39 is 11.9 Å². The average molecular weight is 322 g/mol. The van der Waals surface area contributed by atoms with Crippen LogP contribution in [0.5, 0.6) is 0 Å². The van der Waals surface area contributed by atoms with Gasteiger partial charge in [0, 0.05) is 14.1 Å². The quantitative estimate of drug-likeness (QED) is 0.621. The first-order valence-corrected chi connectivity index (χ1v) is 8.02. The molecule has 0 saturated heterocycles. The molecule has 1 aromatic rings. The molecule has 2 heterocycles. The summed E-state index contributed by atoms with van der Waals surface area (Å²) in [4.78, 5) is 29.5. The van der Waals surface area contributed by atoms with Crippen molar-refractivity contribution in [3.05, 3.63) is 22.4 Å². The fourth-order valence-electron chi connectivity index (χ4n) is 1.93. The lowest BCUT2D eigenvalue weighted by Gasteiger charge is -2.28. The van der Waals surface area contributed by atoms with Crippen LogP contribution in [-0.4, -0.2) is 47.5 Å². The Hall–Kier alpha value is -2.02. The molecular weight excluding hydrogens is 300 g/mol. The number of aliphatic imine (C=N–C) groups is 1. The molecule has 1 aliphatic rings. The minimum absolute atomic E-state index is 0.268. The lowest BCUT2D eigenvalue weighted by Crippen LogP contribution is -2.47. The maximum absolute atomic E-state index is 11.9. The molecule has 1 unspecified atom stereocenters. The standard InChI is InChI=1S/C13H16N4O2S.C2H6/c1-8-11(14-13(19)16(3)12(8)18)17(4)15-9(2)10-6-5-7-20-10;1-2/h5-8H,1-4H3;1-2H3/b15-9+;. The van der Waals surface area contributed by atoms with Gasteiger partial charge in [0.25, 0.3) is 0 Å². The number of amides is 3. The van der Waals surface area contributed by atoms with Crippen molar-refractivity contribution < 1.29 is 9.59 Å². The van der Waals surface area contributed by atoms with Crippen molar-refractivity contribution in [2.24, 2.45) is 16.0 Å². The topological polar surface area (TPSA) is 65.3 Å². The molecule has 0 spiro atoms. The molecule has 1 aliphatic heterocycles. The first-order valence-electron chi connectivity index (χ1n) is 7.14. The summed E-state index contributed by atoms with van der Waals surface area (Å²) in [5.74, 6) is -0.382. The van der Waals surface area contributed by atoms with Crippen LogP contribution in [0, 0.1) is 5.92 Å². The highest BCUT2D eigenvalue weighted by Crippen LogP contribution is 2.16. The Morgan fingerprint density at radius 1 is 1.41 bits per heavy atom. The maximum Gasteiger partial charge on any atom is 0.351 e. The Kier molecular flexibility index (Phi) is 6.42. The summed E-state index contributed by atoms with van der Waals surface area (Å²) in [6.45, 7) is 7.60. The van der Waals surface area contributed by atoms with Crippen molar-refractivity contribution in [3.63, 3.8) is 0 Å². The van der Waals surface area contributed by atoms with Crippen LogP contribution in [0.2, 0.25) is 0 Å². The molecule has 1 aromatic heterocycles. The molecule has 0 fully saturated rings. The maximum atomic E-state index is 11.9. The van der Waals surface area contributed by atoms with E-state index in [0.717, 1.165) is 15.5 Å². The molecule has 0 aromatic carbocycles. The number of rotatable bonds is 2. The van der Waals surface area contributed by atoms with E-state index in [0.29, 0.717) is 5.84 Å². The van der Waals surface area contributed by atoms with Gasteiger partial charge in [-0.05, 0) is 25.3 Å². The summed E-state index contributed by atoms with van der Waals surface area (Å²) >= 11 is 1.58. The monoisotopic (exact) mass is 322 g/mol. The van der Waals surface area contributed by atoms with Gasteiger partial charge in [-0.3, -0.25) is 14.7 Å². The van der Waals surface area contributed by atoms with Crippen molar-refractivity contribution in [1.82, 2.24) is 9.91 Å². The number of hydrazone groups is 1. The lowest BCUT2D eigenvalue weighted by molar-refractivity contribution is -0.129. The van der Waals surface area contributed by atoms with Crippen LogP contribution in [0.25, 0.3) is 0 Å². The largest absolute Gasteiger partial charge is 0.351 e. The number of carbonyl (C=O) groups is 2. The zero-order chi connectivity index (χ0) is 16.9. The summed E-state index contributed by atoms with van der Waals surface area (Å²) in [6, 6.07) is 3.36. The smallest absolute Gasteiger partial charge is 0.274 e. The number of nitrogens with zero attached hydrogens (tertiary/aromatic N) is 4. The van der Waals surface area contributed by atoms with Crippen LogP contribution in [-0.2, 0) is 4.79 Å². The predicted octanol–water partition coefficient (Wildman–Crippen LogP) is 3.06. The molecule has 120 valence electrons. The third kappa shape index (κ3) is 3.79. The third-order valence-electron chi connectivity index (χ3n) is 3.09. The molecule has 7 heteroatoms. The van der Waals surface area contributed by atoms with Crippen LogP contribution in [0.3, 0.4) is 0 Å². The van der Waals surface area contributed by atoms with Crippen LogP contribution >= 0.6 is 11.3 Å². The van der Waals surface area contributed by atoms with Gasteiger partial charge < -0.3 is 0 Å². The fraction of sp³-hybridized carbons (Fsp3) is 0.467. The van der Waals surface area contributed by atoms with Crippen molar-refractivity contribution in [2.45, 2.75) is 27.7 Å². The summed E-state index contributed by atoms with van der Waals surface area (Å²) in [5, 5.41) is 7.87. The van der Waals surface area contributed by atoms with Gasteiger partial charge in [0.05, 0.1) is 16.5 Å². The first kappa shape index (κ1) is 18.0. The lowest BCUT2D eigenvalue weighted by atomic mass is 10.1. The number of hydrogen-bond acceptors (Lipinski definition) is 5. The highest BCUT2D eigenvalue weighted by Gasteiger charge is 2.34. The van der Waals surface area contributed by atoms with Crippen LogP contribution in [0.15, 0.2) is 27.6 Å². The number of amidine groups is 1. The number of carbonyl (C=O) groups excluding carboxylic acids is 2. The Balaban J connectivity index is 0.00000116. The van der Waals surface area contributed by atoms with Crippen molar-refractivity contribution in [3.8, 4) is 0 Å². The van der Waals surface area contributed by atoms with Gasteiger partial charge in [-0.25, -0.2) is 4.79 Å². The van der Waals surface area contributed by atoms with Crippen molar-refractivity contribution in [2.75, 3.05) is 14.1 Å². The predicted molar refractivity (Wildman–Crippen MR) is 90.4 cm³/mol. The van der Waals surface area contributed by atoms with E-state index in [2.05, 4.69) is 10.1 Å². The van der Waals surface area contributed by atoms with Crippen molar-refractivity contribution in [1.29, 1.82) is 0 Å². The van der Waals surface area contributed by atoms with E-state index in [1.165, 1.54) is 12.1 Å².